The first-order valence-corrected chi connectivity index (χ1v) is 11.3. The fraction of sp³-hybridized carbons (Fsp3) is 0.391. The van der Waals surface area contributed by atoms with Crippen molar-refractivity contribution >= 4 is 33.4 Å². The van der Waals surface area contributed by atoms with E-state index in [4.69, 9.17) is 9.47 Å². The van der Waals surface area contributed by atoms with Crippen molar-refractivity contribution in [1.82, 2.24) is 20.2 Å². The molecule has 0 spiro atoms. The second-order valence-electron chi connectivity index (χ2n) is 7.70. The quantitative estimate of drug-likeness (QED) is 0.562. The van der Waals surface area contributed by atoms with Gasteiger partial charge in [-0.2, -0.15) is 4.98 Å². The summed E-state index contributed by atoms with van der Waals surface area (Å²) in [4.78, 5) is 37.6. The number of ether oxygens (including phenoxy) is 2. The lowest BCUT2D eigenvalue weighted by molar-refractivity contribution is -0.128. The van der Waals surface area contributed by atoms with Crippen LogP contribution in [0.4, 0.5) is 0 Å². The minimum absolute atomic E-state index is 0.129. The molecule has 1 saturated heterocycles. The van der Waals surface area contributed by atoms with E-state index in [1.54, 1.807) is 14.2 Å². The summed E-state index contributed by atoms with van der Waals surface area (Å²) in [5.74, 6) is 0.849. The number of fused-ring (bicyclic) bond motifs is 1. The number of nitrogens with one attached hydrogen (secondary N) is 1. The molecular formula is C23H26N4O4S. The number of likely N-dealkylation sites (tertiary alicyclic amines) is 1. The van der Waals surface area contributed by atoms with Crippen molar-refractivity contribution in [3.05, 3.63) is 52.2 Å². The van der Waals surface area contributed by atoms with Crippen LogP contribution in [-0.4, -0.2) is 54.0 Å². The van der Waals surface area contributed by atoms with Crippen LogP contribution in [0.2, 0.25) is 0 Å². The monoisotopic (exact) mass is 454 g/mol. The minimum Gasteiger partial charge on any atom is -0.480 e. The van der Waals surface area contributed by atoms with E-state index in [9.17, 15) is 9.59 Å². The normalized spacial score (nSPS) is 14.7. The van der Waals surface area contributed by atoms with Crippen LogP contribution >= 0.6 is 11.3 Å². The maximum absolute atomic E-state index is 13.4. The molecule has 1 aliphatic rings. The molecule has 32 heavy (non-hydrogen) atoms. The number of nitrogens with zero attached hydrogens (tertiary/aromatic N) is 3. The fourth-order valence-corrected chi connectivity index (χ4v) is 5.06. The smallest absolute Gasteiger partial charge is 0.262 e. The second kappa shape index (κ2) is 9.62. The number of thiophene rings is 1. The Bertz CT molecular complexity index is 1130. The van der Waals surface area contributed by atoms with Crippen molar-refractivity contribution in [2.75, 3.05) is 27.3 Å². The summed E-state index contributed by atoms with van der Waals surface area (Å²) >= 11 is 1.30. The van der Waals surface area contributed by atoms with Gasteiger partial charge in [-0.05, 0) is 24.5 Å². The Hall–Kier alpha value is -3.04. The molecule has 168 valence electrons. The van der Waals surface area contributed by atoms with E-state index in [0.717, 1.165) is 29.5 Å². The zero-order chi connectivity index (χ0) is 22.7. The van der Waals surface area contributed by atoms with E-state index in [-0.39, 0.29) is 24.5 Å². The van der Waals surface area contributed by atoms with Gasteiger partial charge < -0.3 is 19.7 Å². The van der Waals surface area contributed by atoms with Crippen LogP contribution in [0.25, 0.3) is 10.2 Å². The van der Waals surface area contributed by atoms with E-state index in [1.807, 2.05) is 42.2 Å². The summed E-state index contributed by atoms with van der Waals surface area (Å²) in [7, 11) is 3.13. The molecule has 8 nitrogen and oxygen atoms in total. The van der Waals surface area contributed by atoms with Crippen LogP contribution in [0.5, 0.6) is 5.88 Å². The van der Waals surface area contributed by atoms with Gasteiger partial charge in [0.15, 0.2) is 5.82 Å². The molecule has 2 amide bonds. The molecule has 0 bridgehead atoms. The molecule has 1 atom stereocenters. The highest BCUT2D eigenvalue weighted by atomic mass is 32.1. The van der Waals surface area contributed by atoms with Crippen LogP contribution < -0.4 is 10.1 Å². The standard InChI is InChI=1S/C23H26N4O4S/c1-14-19-22(31-3)25-17(13-30-2)26-23(19)32-20(14)21(29)24-16(15-8-5-4-6-9-15)12-27-11-7-10-18(27)28/h4-6,8-9,16H,7,10-13H2,1-3H3,(H,24,29). The van der Waals surface area contributed by atoms with Gasteiger partial charge >= 0.3 is 0 Å². The van der Waals surface area contributed by atoms with Gasteiger partial charge in [-0.1, -0.05) is 30.3 Å². The summed E-state index contributed by atoms with van der Waals surface area (Å²) < 4.78 is 10.6. The summed E-state index contributed by atoms with van der Waals surface area (Å²) in [6.45, 7) is 3.29. The molecular weight excluding hydrogens is 428 g/mol. The lowest BCUT2D eigenvalue weighted by atomic mass is 10.1. The first-order chi connectivity index (χ1) is 15.5. The average molecular weight is 455 g/mol. The van der Waals surface area contributed by atoms with Gasteiger partial charge in [0.05, 0.1) is 23.4 Å². The van der Waals surface area contributed by atoms with Crippen molar-refractivity contribution in [2.45, 2.75) is 32.4 Å². The summed E-state index contributed by atoms with van der Waals surface area (Å²) in [6.07, 6.45) is 1.42. The molecule has 0 aliphatic carbocycles. The number of rotatable bonds is 8. The Kier molecular flexibility index (Phi) is 6.66. The van der Waals surface area contributed by atoms with Crippen LogP contribution in [-0.2, 0) is 16.1 Å². The molecule has 4 rings (SSSR count). The van der Waals surface area contributed by atoms with Crippen molar-refractivity contribution in [2.24, 2.45) is 0 Å². The van der Waals surface area contributed by atoms with Crippen LogP contribution in [0.3, 0.4) is 0 Å². The lowest BCUT2D eigenvalue weighted by Gasteiger charge is -2.25. The molecule has 1 aliphatic heterocycles. The predicted molar refractivity (Wildman–Crippen MR) is 122 cm³/mol. The average Bonchev–Trinajstić information content (AvgIpc) is 3.36. The van der Waals surface area contributed by atoms with Gasteiger partial charge in [0.25, 0.3) is 5.91 Å². The molecule has 1 unspecified atom stereocenters. The Labute approximate surface area is 190 Å². The third-order valence-electron chi connectivity index (χ3n) is 5.56. The predicted octanol–water partition coefficient (Wildman–Crippen LogP) is 3.25. The Morgan fingerprint density at radius 3 is 2.69 bits per heavy atom. The topological polar surface area (TPSA) is 93.7 Å². The molecule has 1 N–H and O–H groups in total. The minimum atomic E-state index is -0.313. The van der Waals surface area contributed by atoms with E-state index in [2.05, 4.69) is 15.3 Å². The van der Waals surface area contributed by atoms with Crippen molar-refractivity contribution < 1.29 is 19.1 Å². The van der Waals surface area contributed by atoms with Crippen LogP contribution in [0, 0.1) is 6.92 Å². The van der Waals surface area contributed by atoms with Crippen LogP contribution in [0.15, 0.2) is 30.3 Å². The van der Waals surface area contributed by atoms with Gasteiger partial charge in [-0.3, -0.25) is 9.59 Å². The second-order valence-corrected chi connectivity index (χ2v) is 8.70. The highest BCUT2D eigenvalue weighted by Crippen LogP contribution is 2.35. The van der Waals surface area contributed by atoms with E-state index >= 15 is 0 Å². The van der Waals surface area contributed by atoms with Gasteiger partial charge in [0.1, 0.15) is 11.4 Å². The number of amides is 2. The molecule has 1 fully saturated rings. The van der Waals surface area contributed by atoms with Crippen LogP contribution in [0.1, 0.15) is 45.5 Å². The number of methoxy groups -OCH3 is 2. The van der Waals surface area contributed by atoms with Crippen molar-refractivity contribution in [1.29, 1.82) is 0 Å². The molecule has 2 aromatic heterocycles. The fourth-order valence-electron chi connectivity index (χ4n) is 3.96. The maximum Gasteiger partial charge on any atom is 0.262 e. The number of aryl methyl sites for hydroxylation is 1. The third kappa shape index (κ3) is 4.44. The number of carbonyl (C=O) groups is 2. The molecule has 3 heterocycles. The SMILES string of the molecule is COCc1nc(OC)c2c(C)c(C(=O)NC(CN3CCCC3=O)c3ccccc3)sc2n1. The highest BCUT2D eigenvalue weighted by molar-refractivity contribution is 7.20. The third-order valence-corrected chi connectivity index (χ3v) is 6.74. The molecule has 0 radical (unpaired) electrons. The first kappa shape index (κ1) is 22.2. The number of hydrogen-bond acceptors (Lipinski definition) is 7. The number of aromatic nitrogens is 2. The van der Waals surface area contributed by atoms with Gasteiger partial charge in [-0.25, -0.2) is 4.98 Å². The van der Waals surface area contributed by atoms with E-state index < -0.39 is 0 Å². The van der Waals surface area contributed by atoms with Crippen molar-refractivity contribution in [3.63, 3.8) is 0 Å². The summed E-state index contributed by atoms with van der Waals surface area (Å²) in [5, 5.41) is 3.87. The lowest BCUT2D eigenvalue weighted by Crippen LogP contribution is -2.38. The van der Waals surface area contributed by atoms with Crippen molar-refractivity contribution in [3.8, 4) is 5.88 Å². The number of hydrogen-bond donors (Lipinski definition) is 1. The molecule has 1 aromatic carbocycles. The number of benzene rings is 1. The maximum atomic E-state index is 13.4. The van der Waals surface area contributed by atoms with E-state index in [1.165, 1.54) is 11.3 Å². The Morgan fingerprint density at radius 1 is 1.25 bits per heavy atom. The highest BCUT2D eigenvalue weighted by Gasteiger charge is 2.27. The summed E-state index contributed by atoms with van der Waals surface area (Å²) in [5.41, 5.74) is 1.73. The zero-order valence-corrected chi connectivity index (χ0v) is 19.2. The van der Waals surface area contributed by atoms with Gasteiger partial charge in [0, 0.05) is 26.6 Å². The number of carbonyl (C=O) groups excluding carboxylic acids is 2. The molecule has 9 heteroatoms. The zero-order valence-electron chi connectivity index (χ0n) is 18.4. The summed E-state index contributed by atoms with van der Waals surface area (Å²) in [6, 6.07) is 9.42. The molecule has 3 aromatic rings. The first-order valence-electron chi connectivity index (χ1n) is 10.5. The molecule has 0 saturated carbocycles. The van der Waals surface area contributed by atoms with E-state index in [0.29, 0.717) is 34.4 Å². The Balaban J connectivity index is 1.65. The largest absolute Gasteiger partial charge is 0.480 e. The Morgan fingerprint density at radius 2 is 2.03 bits per heavy atom. The van der Waals surface area contributed by atoms with Gasteiger partial charge in [0.2, 0.25) is 11.8 Å². The van der Waals surface area contributed by atoms with Gasteiger partial charge in [-0.15, -0.1) is 11.3 Å².